The number of aromatic carboxylic acids is 1. The molecule has 0 amide bonds. The van der Waals surface area contributed by atoms with Gasteiger partial charge in [-0.15, -0.1) is 0 Å². The van der Waals surface area contributed by atoms with Crippen molar-refractivity contribution in [1.29, 1.82) is 0 Å². The van der Waals surface area contributed by atoms with Gasteiger partial charge in [0, 0.05) is 18.9 Å². The van der Waals surface area contributed by atoms with E-state index in [0.29, 0.717) is 35.7 Å². The van der Waals surface area contributed by atoms with Crippen LogP contribution in [0.1, 0.15) is 68.9 Å². The van der Waals surface area contributed by atoms with Gasteiger partial charge in [-0.05, 0) is 59.2 Å². The highest BCUT2D eigenvalue weighted by Gasteiger charge is 2.42. The van der Waals surface area contributed by atoms with Crippen LogP contribution < -0.4 is 0 Å². The monoisotopic (exact) mass is 776 g/mol. The van der Waals surface area contributed by atoms with E-state index < -0.39 is 30.1 Å². The van der Waals surface area contributed by atoms with Crippen molar-refractivity contribution in [3.8, 4) is 0 Å². The van der Waals surface area contributed by atoms with Gasteiger partial charge < -0.3 is 19.3 Å². The molecule has 2 saturated heterocycles. The molecule has 0 radical (unpaired) electrons. The van der Waals surface area contributed by atoms with E-state index in [1.165, 1.54) is 11.9 Å². The number of benzene rings is 5. The third-order valence-electron chi connectivity index (χ3n) is 10.9. The molecule has 1 N–H and O–H groups in total. The predicted octanol–water partition coefficient (Wildman–Crippen LogP) is 9.13. The Morgan fingerprint density at radius 1 is 0.793 bits per heavy atom. The molecule has 2 aliphatic heterocycles. The van der Waals surface area contributed by atoms with E-state index in [2.05, 4.69) is 63.5 Å². The smallest absolute Gasteiger partial charge is 0.335 e. The van der Waals surface area contributed by atoms with Gasteiger partial charge in [0.1, 0.15) is 23.6 Å². The Labute approximate surface area is 337 Å². The molecule has 4 atom stereocenters. The van der Waals surface area contributed by atoms with Crippen LogP contribution in [0, 0.1) is 0 Å². The fraction of sp³-hybridized carbons (Fsp3) is 0.250. The summed E-state index contributed by atoms with van der Waals surface area (Å²) in [6.07, 6.45) is 3.30. The summed E-state index contributed by atoms with van der Waals surface area (Å²) in [6.45, 7) is 1.69. The number of fused-ring (bicyclic) bond motifs is 1. The first-order valence-corrected chi connectivity index (χ1v) is 19.7. The average Bonchev–Trinajstić information content (AvgIpc) is 4.06. The Hall–Kier alpha value is -6.07. The van der Waals surface area contributed by atoms with Gasteiger partial charge in [-0.2, -0.15) is 0 Å². The Kier molecular flexibility index (Phi) is 12.1. The second-order valence-electron chi connectivity index (χ2n) is 14.6. The van der Waals surface area contributed by atoms with Crippen LogP contribution >= 0.6 is 0 Å². The van der Waals surface area contributed by atoms with Crippen molar-refractivity contribution in [2.75, 3.05) is 19.8 Å². The number of carbonyl (C=O) groups is 1. The Morgan fingerprint density at radius 3 is 2.03 bits per heavy atom. The van der Waals surface area contributed by atoms with Gasteiger partial charge in [0.15, 0.2) is 11.9 Å². The van der Waals surface area contributed by atoms with Gasteiger partial charge in [-0.3, -0.25) is 4.57 Å². The summed E-state index contributed by atoms with van der Waals surface area (Å²) in [5, 5.41) is 8.82. The van der Waals surface area contributed by atoms with Crippen LogP contribution in [0.3, 0.4) is 0 Å². The summed E-state index contributed by atoms with van der Waals surface area (Å²) in [4.78, 5) is 24.3. The molecule has 5 aromatic carbocycles. The number of hydrogen-bond donors (Lipinski definition) is 1. The molecule has 9 nitrogen and oxygen atoms in total. The maximum Gasteiger partial charge on any atom is 0.335 e. The van der Waals surface area contributed by atoms with Crippen molar-refractivity contribution in [1.82, 2.24) is 19.5 Å². The normalized spacial score (nSPS) is 19.1. The number of aromatic nitrogens is 4. The highest BCUT2D eigenvalue weighted by atomic mass is 19.1. The number of halogens is 1. The zero-order valence-electron chi connectivity index (χ0n) is 32.0. The molecule has 0 saturated carbocycles. The van der Waals surface area contributed by atoms with E-state index >= 15 is 4.39 Å². The fourth-order valence-corrected chi connectivity index (χ4v) is 7.94. The molecule has 2 aromatic heterocycles. The van der Waals surface area contributed by atoms with Crippen LogP contribution in [-0.4, -0.2) is 62.7 Å². The van der Waals surface area contributed by atoms with Crippen molar-refractivity contribution >= 4 is 17.1 Å². The Bertz CT molecular complexity index is 2300. The summed E-state index contributed by atoms with van der Waals surface area (Å²) < 4.78 is 36.0. The molecule has 2 fully saturated rings. The van der Waals surface area contributed by atoms with Crippen molar-refractivity contribution < 1.29 is 28.5 Å². The molecule has 10 heteroatoms. The number of nitrogens with zero attached hydrogens (tertiary/aromatic N) is 4. The molecule has 2 aliphatic rings. The first-order valence-electron chi connectivity index (χ1n) is 19.7. The first kappa shape index (κ1) is 38.8. The Balaban J connectivity index is 0.000000283. The van der Waals surface area contributed by atoms with Crippen LogP contribution in [0.2, 0.25) is 0 Å². The minimum atomic E-state index is -1.25. The lowest BCUT2D eigenvalue weighted by molar-refractivity contribution is -0.0804. The van der Waals surface area contributed by atoms with Crippen LogP contribution in [0.15, 0.2) is 158 Å². The highest BCUT2D eigenvalue weighted by Crippen LogP contribution is 2.42. The molecular formula is C48H45FN4O5. The minimum absolute atomic E-state index is 0.194. The molecule has 294 valence electrons. The number of aryl methyl sites for hydroxylation is 2. The summed E-state index contributed by atoms with van der Waals surface area (Å²) in [6, 6.07) is 47.9. The molecule has 0 bridgehead atoms. The van der Waals surface area contributed by atoms with E-state index in [0.717, 1.165) is 47.4 Å². The number of carboxylic acids is 1. The van der Waals surface area contributed by atoms with Gasteiger partial charge in [0.25, 0.3) is 0 Å². The molecule has 0 spiro atoms. The number of hydrogen-bond acceptors (Lipinski definition) is 7. The van der Waals surface area contributed by atoms with E-state index in [-0.39, 0.29) is 13.0 Å². The van der Waals surface area contributed by atoms with Crippen LogP contribution in [-0.2, 0) is 32.7 Å². The molecule has 0 aliphatic carbocycles. The van der Waals surface area contributed by atoms with E-state index in [1.807, 2.05) is 78.9 Å². The maximum absolute atomic E-state index is 15.7. The van der Waals surface area contributed by atoms with Crippen LogP contribution in [0.5, 0.6) is 0 Å². The van der Waals surface area contributed by atoms with Crippen molar-refractivity contribution in [3.05, 3.63) is 197 Å². The summed E-state index contributed by atoms with van der Waals surface area (Å²) >= 11 is 0. The molecule has 1 unspecified atom stereocenters. The van der Waals surface area contributed by atoms with Crippen LogP contribution in [0.4, 0.5) is 4.39 Å². The SMILES string of the molecule is FC1C[C@H](COC(c2ccccc2)(c2ccccc2)c2ccccc2)O[C@H]1n1cnc2c(CCc3ccccc3)ncnc21.O=C(O)c1cccc([C@@H]2CCOC2)c1. The van der Waals surface area contributed by atoms with Gasteiger partial charge in [0.2, 0.25) is 0 Å². The number of imidazole rings is 1. The number of rotatable bonds is 12. The Morgan fingerprint density at radius 2 is 1.43 bits per heavy atom. The standard InChI is InChI=1S/C37H33FN4O2.C11H12O3/c38-32-23-31(44-36(32)42-26-41-34-33(39-25-40-35(34)42)22-21-27-13-5-1-6-14-27)24-43-37(28-15-7-2-8-16-28,29-17-9-3-10-18-29)30-19-11-4-12-20-30;12-11(13)9-3-1-2-8(6-9)10-4-5-14-7-10/h1-20,25-26,31-32,36H,21-24H2;1-3,6,10H,4-5,7H2,(H,12,13)/t31-,32?,36-;10-/m11/s1. The van der Waals surface area contributed by atoms with Gasteiger partial charge in [-0.1, -0.05) is 133 Å². The van der Waals surface area contributed by atoms with Gasteiger partial charge in [0.05, 0.1) is 36.9 Å². The molecule has 4 heterocycles. The lowest BCUT2D eigenvalue weighted by Gasteiger charge is -2.36. The first-order chi connectivity index (χ1) is 28.5. The minimum Gasteiger partial charge on any atom is -0.478 e. The van der Waals surface area contributed by atoms with Crippen molar-refractivity contribution in [2.24, 2.45) is 0 Å². The third-order valence-corrected chi connectivity index (χ3v) is 10.9. The number of carboxylic acid groups (broad SMARTS) is 1. The fourth-order valence-electron chi connectivity index (χ4n) is 7.94. The van der Waals surface area contributed by atoms with Gasteiger partial charge in [-0.25, -0.2) is 24.1 Å². The summed E-state index contributed by atoms with van der Waals surface area (Å²) in [5.41, 5.74) is 6.81. The van der Waals surface area contributed by atoms with E-state index in [4.69, 9.17) is 19.3 Å². The highest BCUT2D eigenvalue weighted by molar-refractivity contribution is 5.87. The second-order valence-corrected chi connectivity index (χ2v) is 14.6. The summed E-state index contributed by atoms with van der Waals surface area (Å²) in [5.74, 6) is -0.500. The number of alkyl halides is 1. The second kappa shape index (κ2) is 18.0. The zero-order valence-corrected chi connectivity index (χ0v) is 32.0. The quantitative estimate of drug-likeness (QED) is 0.123. The molecule has 58 heavy (non-hydrogen) atoms. The lowest BCUT2D eigenvalue weighted by Crippen LogP contribution is -2.35. The van der Waals surface area contributed by atoms with E-state index in [1.54, 1.807) is 29.1 Å². The largest absolute Gasteiger partial charge is 0.478 e. The maximum atomic E-state index is 15.7. The summed E-state index contributed by atoms with van der Waals surface area (Å²) in [7, 11) is 0. The van der Waals surface area contributed by atoms with Crippen LogP contribution in [0.25, 0.3) is 11.2 Å². The van der Waals surface area contributed by atoms with Crippen molar-refractivity contribution in [2.45, 2.75) is 55.7 Å². The zero-order chi connectivity index (χ0) is 39.7. The molecule has 7 aromatic rings. The molecule has 9 rings (SSSR count). The van der Waals surface area contributed by atoms with E-state index in [9.17, 15) is 4.79 Å². The lowest BCUT2D eigenvalue weighted by atomic mass is 9.80. The average molecular weight is 777 g/mol. The molecular weight excluding hydrogens is 732 g/mol. The van der Waals surface area contributed by atoms with Crippen molar-refractivity contribution in [3.63, 3.8) is 0 Å². The predicted molar refractivity (Wildman–Crippen MR) is 219 cm³/mol. The van der Waals surface area contributed by atoms with Gasteiger partial charge >= 0.3 is 5.97 Å². The third kappa shape index (κ3) is 8.45. The number of ether oxygens (including phenoxy) is 3. The topological polar surface area (TPSA) is 109 Å².